The molecule has 7 heteroatoms. The third-order valence-corrected chi connectivity index (χ3v) is 4.84. The van der Waals surface area contributed by atoms with Crippen molar-refractivity contribution in [3.8, 4) is 0 Å². The lowest BCUT2D eigenvalue weighted by Gasteiger charge is -2.25. The van der Waals surface area contributed by atoms with Crippen LogP contribution >= 0.6 is 0 Å². The van der Waals surface area contributed by atoms with Crippen molar-refractivity contribution in [2.45, 2.75) is 64.5 Å². The molecule has 1 unspecified atom stereocenters. The largest absolute Gasteiger partial charge is 0.360 e. The smallest absolute Gasteiger partial charge is 0.274 e. The Balaban J connectivity index is 1.48. The van der Waals surface area contributed by atoms with Crippen LogP contribution in [0.25, 0.3) is 0 Å². The average molecular weight is 315 g/mol. The molecule has 0 spiro atoms. The molecule has 7 nitrogen and oxygen atoms in total. The lowest BCUT2D eigenvalue weighted by molar-refractivity contribution is 0.0917. The fourth-order valence-corrected chi connectivity index (χ4v) is 3.58. The minimum absolute atomic E-state index is 0.0900. The second-order valence-corrected chi connectivity index (χ2v) is 6.35. The van der Waals surface area contributed by atoms with Gasteiger partial charge in [-0.2, -0.15) is 0 Å². The topological polar surface area (TPSA) is 85.8 Å². The van der Waals surface area contributed by atoms with Gasteiger partial charge >= 0.3 is 0 Å². The molecule has 4 rings (SSSR count). The summed E-state index contributed by atoms with van der Waals surface area (Å²) in [6.07, 6.45) is 6.57. The molecule has 2 aliphatic rings. The quantitative estimate of drug-likeness (QED) is 0.926. The standard InChI is InChI=1S/C16H21N5O2/c1-2-13-18-19-14-8-7-10(9-21(13)14)17-16(22)15-11-5-3-4-6-12(11)23-20-15/h10H,2-9H2,1H3,(H,17,22). The van der Waals surface area contributed by atoms with Crippen molar-refractivity contribution in [3.05, 3.63) is 28.7 Å². The molecule has 1 aliphatic heterocycles. The van der Waals surface area contributed by atoms with Crippen molar-refractivity contribution in [3.63, 3.8) is 0 Å². The van der Waals surface area contributed by atoms with E-state index in [1.807, 2.05) is 0 Å². The van der Waals surface area contributed by atoms with Gasteiger partial charge in [0.05, 0.1) is 0 Å². The van der Waals surface area contributed by atoms with Gasteiger partial charge in [-0.15, -0.1) is 10.2 Å². The van der Waals surface area contributed by atoms with Crippen LogP contribution in [-0.2, 0) is 32.2 Å². The highest BCUT2D eigenvalue weighted by Crippen LogP contribution is 2.24. The van der Waals surface area contributed by atoms with Gasteiger partial charge in [-0.1, -0.05) is 12.1 Å². The van der Waals surface area contributed by atoms with E-state index in [0.717, 1.165) is 74.5 Å². The number of carbonyl (C=O) groups is 1. The van der Waals surface area contributed by atoms with Gasteiger partial charge < -0.3 is 14.4 Å². The zero-order chi connectivity index (χ0) is 15.8. The van der Waals surface area contributed by atoms with Gasteiger partial charge in [0, 0.05) is 37.4 Å². The summed E-state index contributed by atoms with van der Waals surface area (Å²) >= 11 is 0. The van der Waals surface area contributed by atoms with E-state index in [2.05, 4.69) is 32.2 Å². The molecule has 2 aromatic heterocycles. The van der Waals surface area contributed by atoms with Gasteiger partial charge in [-0.3, -0.25) is 4.79 Å². The molecular weight excluding hydrogens is 294 g/mol. The number of fused-ring (bicyclic) bond motifs is 2. The molecule has 0 saturated heterocycles. The maximum atomic E-state index is 12.6. The molecule has 23 heavy (non-hydrogen) atoms. The van der Waals surface area contributed by atoms with E-state index in [0.29, 0.717) is 5.69 Å². The molecular formula is C16H21N5O2. The van der Waals surface area contributed by atoms with Crippen LogP contribution < -0.4 is 5.32 Å². The van der Waals surface area contributed by atoms with Crippen molar-refractivity contribution < 1.29 is 9.32 Å². The first-order valence-corrected chi connectivity index (χ1v) is 8.45. The summed E-state index contributed by atoms with van der Waals surface area (Å²) in [4.78, 5) is 12.6. The fraction of sp³-hybridized carbons (Fsp3) is 0.625. The van der Waals surface area contributed by atoms with E-state index >= 15 is 0 Å². The summed E-state index contributed by atoms with van der Waals surface area (Å²) in [5, 5.41) is 15.6. The third-order valence-electron chi connectivity index (χ3n) is 4.84. The Kier molecular flexibility index (Phi) is 3.63. The molecule has 0 radical (unpaired) electrons. The number of hydrogen-bond donors (Lipinski definition) is 1. The van der Waals surface area contributed by atoms with E-state index in [1.54, 1.807) is 0 Å². The molecule has 3 heterocycles. The highest BCUT2D eigenvalue weighted by Gasteiger charge is 2.28. The maximum absolute atomic E-state index is 12.6. The van der Waals surface area contributed by atoms with Crippen molar-refractivity contribution in [1.29, 1.82) is 0 Å². The number of aryl methyl sites for hydroxylation is 3. The molecule has 2 aromatic rings. The summed E-state index contributed by atoms with van der Waals surface area (Å²) in [7, 11) is 0. The van der Waals surface area contributed by atoms with Crippen LogP contribution in [0.2, 0.25) is 0 Å². The lowest BCUT2D eigenvalue weighted by Crippen LogP contribution is -2.41. The molecule has 122 valence electrons. The van der Waals surface area contributed by atoms with Gasteiger partial charge in [-0.05, 0) is 25.7 Å². The molecule has 1 amide bonds. The summed E-state index contributed by atoms with van der Waals surface area (Å²) in [6.45, 7) is 2.80. The van der Waals surface area contributed by atoms with Crippen LogP contribution in [0.1, 0.15) is 59.6 Å². The molecule has 0 saturated carbocycles. The second-order valence-electron chi connectivity index (χ2n) is 6.35. The predicted octanol–water partition coefficient (Wildman–Crippen LogP) is 1.45. The number of nitrogens with one attached hydrogen (secondary N) is 1. The summed E-state index contributed by atoms with van der Waals surface area (Å²) in [6, 6.07) is 0.0900. The van der Waals surface area contributed by atoms with E-state index < -0.39 is 0 Å². The predicted molar refractivity (Wildman–Crippen MR) is 82.1 cm³/mol. The van der Waals surface area contributed by atoms with Crippen LogP contribution in [0.5, 0.6) is 0 Å². The monoisotopic (exact) mass is 315 g/mol. The van der Waals surface area contributed by atoms with Gasteiger partial charge in [0.15, 0.2) is 5.69 Å². The first-order valence-electron chi connectivity index (χ1n) is 8.45. The zero-order valence-corrected chi connectivity index (χ0v) is 13.3. The van der Waals surface area contributed by atoms with E-state index in [-0.39, 0.29) is 11.9 Å². The van der Waals surface area contributed by atoms with E-state index in [1.165, 1.54) is 0 Å². The summed E-state index contributed by atoms with van der Waals surface area (Å²) < 4.78 is 7.47. The SMILES string of the molecule is CCc1nnc2n1CC(NC(=O)c1noc3c1CCCC3)CC2. The molecule has 1 aliphatic carbocycles. The lowest BCUT2D eigenvalue weighted by atomic mass is 9.96. The Labute approximate surface area is 134 Å². The maximum Gasteiger partial charge on any atom is 0.274 e. The molecule has 1 atom stereocenters. The summed E-state index contributed by atoms with van der Waals surface area (Å²) in [5.74, 6) is 2.78. The van der Waals surface area contributed by atoms with Crippen molar-refractivity contribution in [2.75, 3.05) is 0 Å². The first kappa shape index (κ1) is 14.4. The van der Waals surface area contributed by atoms with Crippen LogP contribution in [0.15, 0.2) is 4.52 Å². The van der Waals surface area contributed by atoms with Gasteiger partial charge in [0.1, 0.15) is 17.4 Å². The van der Waals surface area contributed by atoms with Crippen LogP contribution in [0.4, 0.5) is 0 Å². The minimum atomic E-state index is -0.114. The number of rotatable bonds is 3. The number of nitrogens with zero attached hydrogens (tertiary/aromatic N) is 4. The first-order chi connectivity index (χ1) is 11.3. The fourth-order valence-electron chi connectivity index (χ4n) is 3.58. The van der Waals surface area contributed by atoms with Crippen molar-refractivity contribution in [2.24, 2.45) is 0 Å². The van der Waals surface area contributed by atoms with E-state index in [4.69, 9.17) is 4.52 Å². The normalized spacial score (nSPS) is 20.0. The van der Waals surface area contributed by atoms with Gasteiger partial charge in [-0.25, -0.2) is 0 Å². The van der Waals surface area contributed by atoms with Crippen molar-refractivity contribution >= 4 is 5.91 Å². The Morgan fingerprint density at radius 3 is 3.04 bits per heavy atom. The van der Waals surface area contributed by atoms with Crippen LogP contribution in [0, 0.1) is 0 Å². The highest BCUT2D eigenvalue weighted by molar-refractivity contribution is 5.94. The molecule has 1 N–H and O–H groups in total. The van der Waals surface area contributed by atoms with Gasteiger partial charge in [0.2, 0.25) is 0 Å². The van der Waals surface area contributed by atoms with Crippen LogP contribution in [0.3, 0.4) is 0 Å². The second kappa shape index (κ2) is 5.79. The Morgan fingerprint density at radius 1 is 1.30 bits per heavy atom. The van der Waals surface area contributed by atoms with Crippen LogP contribution in [-0.4, -0.2) is 31.9 Å². The Morgan fingerprint density at radius 2 is 2.17 bits per heavy atom. The zero-order valence-electron chi connectivity index (χ0n) is 13.3. The third kappa shape index (κ3) is 2.54. The highest BCUT2D eigenvalue weighted by atomic mass is 16.5. The number of amides is 1. The Bertz CT molecular complexity index is 719. The number of carbonyl (C=O) groups excluding carboxylic acids is 1. The molecule has 0 fully saturated rings. The molecule has 0 aromatic carbocycles. The summed E-state index contributed by atoms with van der Waals surface area (Å²) in [5.41, 5.74) is 1.48. The number of aromatic nitrogens is 4. The average Bonchev–Trinajstić information content (AvgIpc) is 3.18. The number of hydrogen-bond acceptors (Lipinski definition) is 5. The minimum Gasteiger partial charge on any atom is -0.360 e. The van der Waals surface area contributed by atoms with Gasteiger partial charge in [0.25, 0.3) is 5.91 Å². The van der Waals surface area contributed by atoms with E-state index in [9.17, 15) is 4.79 Å². The molecule has 0 bridgehead atoms. The Hall–Kier alpha value is -2.18. The van der Waals surface area contributed by atoms with Crippen molar-refractivity contribution in [1.82, 2.24) is 25.2 Å².